The average Bonchev–Trinajstić information content (AvgIpc) is 2.63. The molecule has 0 bridgehead atoms. The summed E-state index contributed by atoms with van der Waals surface area (Å²) < 4.78 is 10.5. The smallest absolute Gasteiger partial charge is 0.407 e. The van der Waals surface area contributed by atoms with Crippen LogP contribution in [0.4, 0.5) is 9.59 Å². The monoisotopic (exact) mass is 344 g/mol. The second-order valence-corrected chi connectivity index (χ2v) is 5.14. The molecule has 2 rings (SSSR count). The number of amides is 2. The van der Waals surface area contributed by atoms with Crippen molar-refractivity contribution in [3.8, 4) is 5.75 Å². The lowest BCUT2D eigenvalue weighted by atomic mass is 10.2. The summed E-state index contributed by atoms with van der Waals surface area (Å²) in [5.74, 6) is 0.627. The summed E-state index contributed by atoms with van der Waals surface area (Å²) >= 11 is 0. The first-order valence-corrected chi connectivity index (χ1v) is 7.76. The summed E-state index contributed by atoms with van der Waals surface area (Å²) in [6.45, 7) is 1.03. The van der Waals surface area contributed by atoms with Gasteiger partial charge in [-0.05, 0) is 23.3 Å². The molecule has 3 N–H and O–H groups in total. The Labute approximate surface area is 145 Å². The Balaban J connectivity index is 1.66. The number of carbonyl (C=O) groups is 2. The molecule has 0 spiro atoms. The average molecular weight is 344 g/mol. The predicted molar refractivity (Wildman–Crippen MR) is 91.4 cm³/mol. The number of hydrogen-bond acceptors (Lipinski definition) is 4. The molecule has 0 atom stereocenters. The van der Waals surface area contributed by atoms with E-state index in [-0.39, 0.29) is 19.8 Å². The number of rotatable bonds is 8. The lowest BCUT2D eigenvalue weighted by molar-refractivity contribution is 0.139. The fourth-order valence-corrected chi connectivity index (χ4v) is 1.98. The Morgan fingerprint density at radius 3 is 2.32 bits per heavy atom. The number of carbonyl (C=O) groups excluding carboxylic acids is 1. The van der Waals surface area contributed by atoms with Crippen molar-refractivity contribution >= 4 is 12.2 Å². The molecular formula is C18H20N2O5. The molecule has 0 aliphatic rings. The zero-order valence-corrected chi connectivity index (χ0v) is 13.6. The topological polar surface area (TPSA) is 96.9 Å². The van der Waals surface area contributed by atoms with E-state index in [4.69, 9.17) is 14.6 Å². The molecule has 2 aromatic rings. The van der Waals surface area contributed by atoms with Crippen LogP contribution >= 0.6 is 0 Å². The molecule has 7 heteroatoms. The lowest BCUT2D eigenvalue weighted by Gasteiger charge is -2.09. The Bertz CT molecular complexity index is 674. The Kier molecular flexibility index (Phi) is 7.12. The standard InChI is InChI=1S/C18H20N2O5/c21-17(22)19-10-11-24-16-8-6-14(7-9-16)12-20-18(23)25-13-15-4-2-1-3-5-15/h1-9,19H,10-13H2,(H,20,23)(H,21,22). The Morgan fingerprint density at radius 2 is 1.64 bits per heavy atom. The molecule has 0 fully saturated rings. The molecule has 0 aliphatic carbocycles. The molecule has 132 valence electrons. The first kappa shape index (κ1) is 18.1. The third-order valence-electron chi connectivity index (χ3n) is 3.22. The Hall–Kier alpha value is -3.22. The van der Waals surface area contributed by atoms with Crippen molar-refractivity contribution in [1.29, 1.82) is 0 Å². The van der Waals surface area contributed by atoms with E-state index in [1.165, 1.54) is 0 Å². The SMILES string of the molecule is O=C(O)NCCOc1ccc(CNC(=O)OCc2ccccc2)cc1. The van der Waals surface area contributed by atoms with Crippen LogP contribution in [0, 0.1) is 0 Å². The van der Waals surface area contributed by atoms with Gasteiger partial charge >= 0.3 is 12.2 Å². The van der Waals surface area contributed by atoms with Crippen LogP contribution < -0.4 is 15.4 Å². The van der Waals surface area contributed by atoms with E-state index in [2.05, 4.69) is 10.6 Å². The minimum absolute atomic E-state index is 0.214. The van der Waals surface area contributed by atoms with E-state index < -0.39 is 12.2 Å². The van der Waals surface area contributed by atoms with E-state index in [0.717, 1.165) is 11.1 Å². The molecule has 0 unspecified atom stereocenters. The van der Waals surface area contributed by atoms with Crippen molar-refractivity contribution in [2.75, 3.05) is 13.2 Å². The summed E-state index contributed by atoms with van der Waals surface area (Å²) in [6, 6.07) is 16.6. The summed E-state index contributed by atoms with van der Waals surface area (Å²) in [6.07, 6.45) is -1.56. The van der Waals surface area contributed by atoms with Crippen LogP contribution in [0.15, 0.2) is 54.6 Å². The van der Waals surface area contributed by atoms with Gasteiger partial charge in [0, 0.05) is 6.54 Å². The van der Waals surface area contributed by atoms with Crippen molar-refractivity contribution in [2.45, 2.75) is 13.2 Å². The molecule has 2 amide bonds. The largest absolute Gasteiger partial charge is 0.492 e. The van der Waals surface area contributed by atoms with E-state index in [9.17, 15) is 9.59 Å². The highest BCUT2D eigenvalue weighted by Crippen LogP contribution is 2.12. The van der Waals surface area contributed by atoms with Gasteiger partial charge in [0.15, 0.2) is 0 Å². The second kappa shape index (κ2) is 9.82. The third kappa shape index (κ3) is 7.26. The molecule has 0 heterocycles. The highest BCUT2D eigenvalue weighted by molar-refractivity contribution is 5.67. The zero-order valence-electron chi connectivity index (χ0n) is 13.6. The highest BCUT2D eigenvalue weighted by atomic mass is 16.5. The molecule has 2 aromatic carbocycles. The van der Waals surface area contributed by atoms with Crippen molar-refractivity contribution in [3.63, 3.8) is 0 Å². The van der Waals surface area contributed by atoms with Gasteiger partial charge in [0.05, 0.1) is 6.54 Å². The summed E-state index contributed by atoms with van der Waals surface area (Å²) in [7, 11) is 0. The van der Waals surface area contributed by atoms with Gasteiger partial charge in [0.1, 0.15) is 19.0 Å². The molecular weight excluding hydrogens is 324 g/mol. The number of benzene rings is 2. The second-order valence-electron chi connectivity index (χ2n) is 5.14. The molecule has 0 saturated carbocycles. The summed E-state index contributed by atoms with van der Waals surface area (Å²) in [5, 5.41) is 13.3. The highest BCUT2D eigenvalue weighted by Gasteiger charge is 2.03. The zero-order chi connectivity index (χ0) is 17.9. The van der Waals surface area contributed by atoms with Gasteiger partial charge in [0.25, 0.3) is 0 Å². The van der Waals surface area contributed by atoms with Gasteiger partial charge in [0.2, 0.25) is 0 Å². The molecule has 0 radical (unpaired) electrons. The number of hydrogen-bond donors (Lipinski definition) is 3. The number of ether oxygens (including phenoxy) is 2. The molecule has 25 heavy (non-hydrogen) atoms. The third-order valence-corrected chi connectivity index (χ3v) is 3.22. The normalized spacial score (nSPS) is 9.92. The van der Waals surface area contributed by atoms with Gasteiger partial charge in [-0.3, -0.25) is 0 Å². The molecule has 7 nitrogen and oxygen atoms in total. The van der Waals surface area contributed by atoms with Gasteiger partial charge in [-0.2, -0.15) is 0 Å². The van der Waals surface area contributed by atoms with Crippen LogP contribution in [-0.2, 0) is 17.9 Å². The van der Waals surface area contributed by atoms with Crippen molar-refractivity contribution in [2.24, 2.45) is 0 Å². The van der Waals surface area contributed by atoms with Crippen LogP contribution in [0.25, 0.3) is 0 Å². The van der Waals surface area contributed by atoms with Crippen LogP contribution in [0.5, 0.6) is 5.75 Å². The van der Waals surface area contributed by atoms with Gasteiger partial charge in [-0.25, -0.2) is 9.59 Å². The molecule has 0 aliphatic heterocycles. The van der Waals surface area contributed by atoms with Crippen molar-refractivity contribution in [1.82, 2.24) is 10.6 Å². The van der Waals surface area contributed by atoms with Crippen molar-refractivity contribution < 1.29 is 24.2 Å². The Morgan fingerprint density at radius 1 is 0.920 bits per heavy atom. The molecule has 0 aromatic heterocycles. The van der Waals surface area contributed by atoms with E-state index in [1.807, 2.05) is 42.5 Å². The first-order valence-electron chi connectivity index (χ1n) is 7.76. The fourth-order valence-electron chi connectivity index (χ4n) is 1.98. The summed E-state index contributed by atoms with van der Waals surface area (Å²) in [5.41, 5.74) is 1.82. The van der Waals surface area contributed by atoms with Crippen LogP contribution in [0.3, 0.4) is 0 Å². The quantitative estimate of drug-likeness (QED) is 0.640. The number of carboxylic acid groups (broad SMARTS) is 1. The maximum absolute atomic E-state index is 11.7. The first-order chi connectivity index (χ1) is 12.1. The van der Waals surface area contributed by atoms with E-state index >= 15 is 0 Å². The van der Waals surface area contributed by atoms with Gasteiger partial charge < -0.3 is 25.2 Å². The summed E-state index contributed by atoms with van der Waals surface area (Å²) in [4.78, 5) is 22.0. The van der Waals surface area contributed by atoms with Crippen molar-refractivity contribution in [3.05, 3.63) is 65.7 Å². The van der Waals surface area contributed by atoms with E-state index in [0.29, 0.717) is 12.3 Å². The minimum atomic E-state index is -1.08. The maximum atomic E-state index is 11.7. The minimum Gasteiger partial charge on any atom is -0.492 e. The number of nitrogens with one attached hydrogen (secondary N) is 2. The van der Waals surface area contributed by atoms with Crippen LogP contribution in [0.1, 0.15) is 11.1 Å². The lowest BCUT2D eigenvalue weighted by Crippen LogP contribution is -2.26. The fraction of sp³-hybridized carbons (Fsp3) is 0.222. The van der Waals surface area contributed by atoms with Gasteiger partial charge in [-0.1, -0.05) is 42.5 Å². The van der Waals surface area contributed by atoms with Gasteiger partial charge in [-0.15, -0.1) is 0 Å². The number of alkyl carbamates (subject to hydrolysis) is 1. The predicted octanol–water partition coefficient (Wildman–Crippen LogP) is 2.76. The maximum Gasteiger partial charge on any atom is 0.407 e. The molecule has 0 saturated heterocycles. The van der Waals surface area contributed by atoms with Crippen LogP contribution in [-0.4, -0.2) is 30.4 Å². The van der Waals surface area contributed by atoms with Crippen LogP contribution in [0.2, 0.25) is 0 Å². The van der Waals surface area contributed by atoms with E-state index in [1.54, 1.807) is 12.1 Å².